The van der Waals surface area contributed by atoms with E-state index >= 15 is 0 Å². The largest absolute Gasteiger partial charge is 0.273 e. The average Bonchev–Trinajstić information content (AvgIpc) is 2.26. The van der Waals surface area contributed by atoms with E-state index < -0.39 is 0 Å². The normalized spacial score (nSPS) is 10.6. The Labute approximate surface area is 89.6 Å². The van der Waals surface area contributed by atoms with E-state index in [1.807, 2.05) is 24.3 Å². The Hall–Kier alpha value is -1.71. The van der Waals surface area contributed by atoms with E-state index in [0.29, 0.717) is 0 Å². The number of benzene rings is 1. The lowest BCUT2D eigenvalue weighted by atomic mass is 10.2. The monoisotopic (exact) mass is 205 g/mol. The highest BCUT2D eigenvalue weighted by atomic mass is 16.2. The Bertz CT molecular complexity index is 357. The van der Waals surface area contributed by atoms with Gasteiger partial charge in [0, 0.05) is 14.0 Å². The molecule has 15 heavy (non-hydrogen) atoms. The SMILES string of the molecule is CCc1ccc(N=NN(C)C(C)=O)cc1. The third kappa shape index (κ3) is 3.50. The van der Waals surface area contributed by atoms with E-state index in [-0.39, 0.29) is 5.91 Å². The van der Waals surface area contributed by atoms with Crippen LogP contribution in [0.15, 0.2) is 34.6 Å². The van der Waals surface area contributed by atoms with Gasteiger partial charge in [-0.1, -0.05) is 24.3 Å². The van der Waals surface area contributed by atoms with Crippen LogP contribution in [0.1, 0.15) is 19.4 Å². The minimum Gasteiger partial charge on any atom is -0.273 e. The van der Waals surface area contributed by atoms with Crippen LogP contribution < -0.4 is 0 Å². The van der Waals surface area contributed by atoms with E-state index in [1.165, 1.54) is 17.5 Å². The maximum absolute atomic E-state index is 10.8. The van der Waals surface area contributed by atoms with Crippen LogP contribution in [0, 0.1) is 0 Å². The summed E-state index contributed by atoms with van der Waals surface area (Å²) in [6.07, 6.45) is 1.00. The van der Waals surface area contributed by atoms with Gasteiger partial charge >= 0.3 is 0 Å². The topological polar surface area (TPSA) is 45.0 Å². The van der Waals surface area contributed by atoms with Crippen molar-refractivity contribution in [3.05, 3.63) is 29.8 Å². The lowest BCUT2D eigenvalue weighted by Crippen LogP contribution is -2.15. The summed E-state index contributed by atoms with van der Waals surface area (Å²) in [7, 11) is 1.58. The van der Waals surface area contributed by atoms with Gasteiger partial charge in [-0.25, -0.2) is 5.01 Å². The first kappa shape index (κ1) is 11.4. The molecule has 1 rings (SSSR count). The molecule has 0 aliphatic carbocycles. The van der Waals surface area contributed by atoms with Gasteiger partial charge in [-0.3, -0.25) is 4.79 Å². The standard InChI is InChI=1S/C11H15N3O/c1-4-10-5-7-11(8-6-10)12-13-14(3)9(2)15/h5-8H,4H2,1-3H3. The molecule has 4 heteroatoms. The molecule has 0 fully saturated rings. The molecule has 0 bridgehead atoms. The van der Waals surface area contributed by atoms with Crippen molar-refractivity contribution in [2.24, 2.45) is 10.3 Å². The van der Waals surface area contributed by atoms with E-state index in [0.717, 1.165) is 12.1 Å². The van der Waals surface area contributed by atoms with Gasteiger partial charge in [-0.15, -0.1) is 5.11 Å². The van der Waals surface area contributed by atoms with E-state index in [4.69, 9.17) is 0 Å². The van der Waals surface area contributed by atoms with Crippen LogP contribution in [0.4, 0.5) is 5.69 Å². The zero-order valence-corrected chi connectivity index (χ0v) is 9.27. The Morgan fingerprint density at radius 2 is 1.93 bits per heavy atom. The predicted molar refractivity (Wildman–Crippen MR) is 58.8 cm³/mol. The molecule has 1 amide bonds. The fourth-order valence-corrected chi connectivity index (χ4v) is 0.980. The summed E-state index contributed by atoms with van der Waals surface area (Å²) in [5.74, 6) is -0.135. The molecular formula is C11H15N3O. The summed E-state index contributed by atoms with van der Waals surface area (Å²) in [4.78, 5) is 10.8. The third-order valence-electron chi connectivity index (χ3n) is 2.09. The van der Waals surface area contributed by atoms with Crippen LogP contribution in [-0.2, 0) is 11.2 Å². The van der Waals surface area contributed by atoms with Crippen LogP contribution in [-0.4, -0.2) is 18.0 Å². The summed E-state index contributed by atoms with van der Waals surface area (Å²) < 4.78 is 0. The molecule has 0 spiro atoms. The van der Waals surface area contributed by atoms with Gasteiger partial charge in [-0.05, 0) is 24.1 Å². The lowest BCUT2D eigenvalue weighted by Gasteiger charge is -2.04. The second kappa shape index (κ2) is 5.24. The molecule has 1 aromatic carbocycles. The van der Waals surface area contributed by atoms with E-state index in [9.17, 15) is 4.79 Å². The fourth-order valence-electron chi connectivity index (χ4n) is 0.980. The zero-order chi connectivity index (χ0) is 11.3. The van der Waals surface area contributed by atoms with Crippen LogP contribution in [0.25, 0.3) is 0 Å². The van der Waals surface area contributed by atoms with Crippen molar-refractivity contribution in [3.63, 3.8) is 0 Å². The van der Waals surface area contributed by atoms with Crippen molar-refractivity contribution >= 4 is 11.6 Å². The molecule has 0 N–H and O–H groups in total. The van der Waals surface area contributed by atoms with Gasteiger partial charge in [0.1, 0.15) is 0 Å². The Kier molecular flexibility index (Phi) is 3.97. The van der Waals surface area contributed by atoms with Crippen molar-refractivity contribution in [1.29, 1.82) is 0 Å². The number of rotatable bonds is 3. The molecule has 0 aromatic heterocycles. The second-order valence-corrected chi connectivity index (χ2v) is 3.25. The highest BCUT2D eigenvalue weighted by molar-refractivity contribution is 5.72. The zero-order valence-electron chi connectivity index (χ0n) is 9.27. The van der Waals surface area contributed by atoms with Crippen LogP contribution >= 0.6 is 0 Å². The number of carbonyl (C=O) groups is 1. The molecule has 80 valence electrons. The van der Waals surface area contributed by atoms with Gasteiger partial charge in [0.05, 0.1) is 5.69 Å². The molecule has 0 heterocycles. The van der Waals surface area contributed by atoms with Crippen molar-refractivity contribution in [1.82, 2.24) is 5.01 Å². The summed E-state index contributed by atoms with van der Waals surface area (Å²) in [5, 5.41) is 8.89. The number of aryl methyl sites for hydroxylation is 1. The molecule has 0 unspecified atom stereocenters. The van der Waals surface area contributed by atoms with Crippen molar-refractivity contribution < 1.29 is 4.79 Å². The first-order chi connectivity index (χ1) is 7.13. The quantitative estimate of drug-likeness (QED) is 0.552. The number of hydrogen-bond acceptors (Lipinski definition) is 3. The third-order valence-corrected chi connectivity index (χ3v) is 2.09. The van der Waals surface area contributed by atoms with Gasteiger partial charge in [0.15, 0.2) is 0 Å². The molecule has 0 atom stereocenters. The maximum Gasteiger partial charge on any atom is 0.240 e. The number of hydrogen-bond donors (Lipinski definition) is 0. The lowest BCUT2D eigenvalue weighted by molar-refractivity contribution is -0.127. The van der Waals surface area contributed by atoms with E-state index in [1.54, 1.807) is 7.05 Å². The van der Waals surface area contributed by atoms with Gasteiger partial charge in [-0.2, -0.15) is 0 Å². The minimum atomic E-state index is -0.135. The highest BCUT2D eigenvalue weighted by Crippen LogP contribution is 2.13. The molecular weight excluding hydrogens is 190 g/mol. The number of carbonyl (C=O) groups excluding carboxylic acids is 1. The van der Waals surface area contributed by atoms with Crippen LogP contribution in [0.2, 0.25) is 0 Å². The maximum atomic E-state index is 10.8. The van der Waals surface area contributed by atoms with Crippen molar-refractivity contribution in [2.45, 2.75) is 20.3 Å². The van der Waals surface area contributed by atoms with E-state index in [2.05, 4.69) is 17.3 Å². The average molecular weight is 205 g/mol. The summed E-state index contributed by atoms with van der Waals surface area (Å²) in [5.41, 5.74) is 2.01. The molecule has 0 aliphatic heterocycles. The molecule has 0 saturated heterocycles. The minimum absolute atomic E-state index is 0.135. The second-order valence-electron chi connectivity index (χ2n) is 3.25. The molecule has 0 saturated carbocycles. The van der Waals surface area contributed by atoms with Crippen molar-refractivity contribution in [2.75, 3.05) is 7.05 Å². The highest BCUT2D eigenvalue weighted by Gasteiger charge is 1.97. The Morgan fingerprint density at radius 3 is 2.40 bits per heavy atom. The summed E-state index contributed by atoms with van der Waals surface area (Å²) in [6.45, 7) is 3.54. The number of nitrogens with zero attached hydrogens (tertiary/aromatic N) is 3. The first-order valence-corrected chi connectivity index (χ1v) is 4.88. The fraction of sp³-hybridized carbons (Fsp3) is 0.364. The van der Waals surface area contributed by atoms with Gasteiger partial charge in [0.2, 0.25) is 5.91 Å². The summed E-state index contributed by atoms with van der Waals surface area (Å²) in [6, 6.07) is 7.77. The Morgan fingerprint density at radius 1 is 1.33 bits per heavy atom. The van der Waals surface area contributed by atoms with Gasteiger partial charge < -0.3 is 0 Å². The molecule has 0 aliphatic rings. The summed E-state index contributed by atoms with van der Waals surface area (Å²) >= 11 is 0. The Balaban J connectivity index is 2.68. The molecule has 0 radical (unpaired) electrons. The van der Waals surface area contributed by atoms with Crippen molar-refractivity contribution in [3.8, 4) is 0 Å². The smallest absolute Gasteiger partial charge is 0.240 e. The van der Waals surface area contributed by atoms with Gasteiger partial charge in [0.25, 0.3) is 0 Å². The number of amides is 1. The first-order valence-electron chi connectivity index (χ1n) is 4.88. The van der Waals surface area contributed by atoms with Crippen LogP contribution in [0.3, 0.4) is 0 Å². The predicted octanol–water partition coefficient (Wildman–Crippen LogP) is 2.73. The van der Waals surface area contributed by atoms with Crippen LogP contribution in [0.5, 0.6) is 0 Å². The molecule has 4 nitrogen and oxygen atoms in total. The molecule has 1 aromatic rings.